The van der Waals surface area contributed by atoms with E-state index in [0.29, 0.717) is 25.8 Å². The van der Waals surface area contributed by atoms with Crippen molar-refractivity contribution in [2.45, 2.75) is 38.4 Å². The Morgan fingerprint density at radius 2 is 2.08 bits per heavy atom. The number of hydrogen-bond donors (Lipinski definition) is 1. The van der Waals surface area contributed by atoms with E-state index in [2.05, 4.69) is 0 Å². The third-order valence-electron chi connectivity index (χ3n) is 3.92. The van der Waals surface area contributed by atoms with Crippen molar-refractivity contribution in [3.05, 3.63) is 0 Å². The summed E-state index contributed by atoms with van der Waals surface area (Å²) in [5.41, 5.74) is 5.71. The van der Waals surface area contributed by atoms with Gasteiger partial charge in [-0.3, -0.25) is 9.59 Å². The van der Waals surface area contributed by atoms with E-state index in [1.54, 1.807) is 6.92 Å². The molecule has 1 saturated heterocycles. The van der Waals surface area contributed by atoms with Crippen LogP contribution in [0, 0.1) is 5.92 Å². The van der Waals surface area contributed by atoms with Crippen molar-refractivity contribution in [1.82, 2.24) is 9.80 Å². The molecule has 0 spiro atoms. The maximum atomic E-state index is 12.7. The van der Waals surface area contributed by atoms with E-state index in [-0.39, 0.29) is 25.6 Å². The number of methoxy groups -OCH3 is 1. The Hall–Kier alpha value is -1.35. The van der Waals surface area contributed by atoms with E-state index in [4.69, 9.17) is 10.5 Å². The van der Waals surface area contributed by atoms with E-state index in [1.165, 1.54) is 12.0 Å². The molecular weight excluding hydrogens is 327 g/mol. The van der Waals surface area contributed by atoms with Crippen molar-refractivity contribution in [3.63, 3.8) is 0 Å². The number of likely N-dealkylation sites (tertiary alicyclic amines) is 1. The van der Waals surface area contributed by atoms with E-state index in [0.717, 1.165) is 4.90 Å². The predicted octanol–water partition coefficient (Wildman–Crippen LogP) is 1.000. The maximum Gasteiger partial charge on any atom is 0.406 e. The number of carbonyl (C=O) groups is 2. The molecule has 0 aromatic rings. The van der Waals surface area contributed by atoms with Crippen molar-refractivity contribution in [3.8, 4) is 0 Å². The smallest absolute Gasteiger partial charge is 0.383 e. The SMILES string of the molecule is CCCN(CC(F)(F)F)C(=O)C1CCCN(C(=O)C(N)COC)C1. The first-order valence-corrected chi connectivity index (χ1v) is 8.08. The predicted molar refractivity (Wildman–Crippen MR) is 82.1 cm³/mol. The monoisotopic (exact) mass is 353 g/mol. The molecule has 2 unspecified atom stereocenters. The van der Waals surface area contributed by atoms with Crippen LogP contribution >= 0.6 is 0 Å². The van der Waals surface area contributed by atoms with Gasteiger partial charge in [-0.25, -0.2) is 0 Å². The number of halogens is 3. The number of carbonyl (C=O) groups excluding carboxylic acids is 2. The van der Waals surface area contributed by atoms with Crippen LogP contribution in [0.15, 0.2) is 0 Å². The molecule has 24 heavy (non-hydrogen) atoms. The molecule has 1 aliphatic rings. The molecule has 0 aromatic carbocycles. The van der Waals surface area contributed by atoms with Crippen molar-refractivity contribution < 1.29 is 27.5 Å². The zero-order chi connectivity index (χ0) is 18.3. The molecule has 1 aliphatic heterocycles. The second-order valence-electron chi connectivity index (χ2n) is 6.06. The molecule has 0 radical (unpaired) electrons. The summed E-state index contributed by atoms with van der Waals surface area (Å²) in [6, 6.07) is -0.828. The van der Waals surface area contributed by atoms with Crippen LogP contribution in [0.25, 0.3) is 0 Å². The van der Waals surface area contributed by atoms with Gasteiger partial charge in [0.2, 0.25) is 11.8 Å². The summed E-state index contributed by atoms with van der Waals surface area (Å²) in [4.78, 5) is 27.0. The third kappa shape index (κ3) is 6.27. The lowest BCUT2D eigenvalue weighted by molar-refractivity contribution is -0.165. The topological polar surface area (TPSA) is 75.9 Å². The molecule has 0 aliphatic carbocycles. The molecule has 2 N–H and O–H groups in total. The van der Waals surface area contributed by atoms with E-state index in [9.17, 15) is 22.8 Å². The highest BCUT2D eigenvalue weighted by atomic mass is 19.4. The van der Waals surface area contributed by atoms with Crippen LogP contribution in [0.4, 0.5) is 13.2 Å². The Bertz CT molecular complexity index is 432. The highest BCUT2D eigenvalue weighted by molar-refractivity contribution is 5.84. The van der Waals surface area contributed by atoms with Gasteiger partial charge in [-0.05, 0) is 19.3 Å². The van der Waals surface area contributed by atoms with Gasteiger partial charge in [0.15, 0.2) is 0 Å². The van der Waals surface area contributed by atoms with Crippen LogP contribution in [0.1, 0.15) is 26.2 Å². The summed E-state index contributed by atoms with van der Waals surface area (Å²) in [7, 11) is 1.43. The molecule has 0 bridgehead atoms. The zero-order valence-electron chi connectivity index (χ0n) is 14.1. The normalized spacial score (nSPS) is 19.9. The second-order valence-corrected chi connectivity index (χ2v) is 6.06. The number of piperidine rings is 1. The highest BCUT2D eigenvalue weighted by Gasteiger charge is 2.37. The van der Waals surface area contributed by atoms with Crippen LogP contribution in [-0.2, 0) is 14.3 Å². The first-order chi connectivity index (χ1) is 11.2. The second kappa shape index (κ2) is 9.22. The van der Waals surface area contributed by atoms with Gasteiger partial charge in [-0.1, -0.05) is 6.92 Å². The van der Waals surface area contributed by atoms with E-state index < -0.39 is 30.6 Å². The van der Waals surface area contributed by atoms with Gasteiger partial charge < -0.3 is 20.3 Å². The van der Waals surface area contributed by atoms with Crippen molar-refractivity contribution in [2.75, 3.05) is 39.9 Å². The molecule has 1 rings (SSSR count). The maximum absolute atomic E-state index is 12.7. The minimum Gasteiger partial charge on any atom is -0.383 e. The molecule has 1 heterocycles. The average molecular weight is 353 g/mol. The molecule has 6 nitrogen and oxygen atoms in total. The lowest BCUT2D eigenvalue weighted by atomic mass is 9.95. The number of hydrogen-bond acceptors (Lipinski definition) is 4. The third-order valence-corrected chi connectivity index (χ3v) is 3.92. The number of nitrogens with two attached hydrogens (primary N) is 1. The zero-order valence-corrected chi connectivity index (χ0v) is 14.1. The lowest BCUT2D eigenvalue weighted by Gasteiger charge is -2.36. The van der Waals surface area contributed by atoms with Crippen LogP contribution in [0.5, 0.6) is 0 Å². The first-order valence-electron chi connectivity index (χ1n) is 8.08. The summed E-state index contributed by atoms with van der Waals surface area (Å²) in [5, 5.41) is 0. The Balaban J connectivity index is 2.73. The standard InChI is InChI=1S/C15H26F3N3O3/c1-3-6-21(10-15(16,17)18)13(22)11-5-4-7-20(8-11)14(23)12(19)9-24-2/h11-12H,3-10,19H2,1-2H3. The van der Waals surface area contributed by atoms with Crippen LogP contribution in [0.3, 0.4) is 0 Å². The fourth-order valence-electron chi connectivity index (χ4n) is 2.88. The lowest BCUT2D eigenvalue weighted by Crippen LogP contribution is -2.53. The Morgan fingerprint density at radius 3 is 2.62 bits per heavy atom. The van der Waals surface area contributed by atoms with Crippen LogP contribution < -0.4 is 5.73 Å². The van der Waals surface area contributed by atoms with Crippen molar-refractivity contribution in [1.29, 1.82) is 0 Å². The van der Waals surface area contributed by atoms with Gasteiger partial charge in [0, 0.05) is 26.7 Å². The van der Waals surface area contributed by atoms with E-state index in [1.807, 2.05) is 0 Å². The molecular formula is C15H26F3N3O3. The summed E-state index contributed by atoms with van der Waals surface area (Å²) in [6.07, 6.45) is -2.96. The highest BCUT2D eigenvalue weighted by Crippen LogP contribution is 2.23. The summed E-state index contributed by atoms with van der Waals surface area (Å²) in [6.45, 7) is 1.13. The quantitative estimate of drug-likeness (QED) is 0.741. The Kier molecular flexibility index (Phi) is 7.95. The van der Waals surface area contributed by atoms with Crippen LogP contribution in [-0.4, -0.2) is 73.7 Å². The van der Waals surface area contributed by atoms with Gasteiger partial charge in [-0.2, -0.15) is 13.2 Å². The fourth-order valence-corrected chi connectivity index (χ4v) is 2.88. The Morgan fingerprint density at radius 1 is 1.42 bits per heavy atom. The minimum absolute atomic E-state index is 0.0476. The average Bonchev–Trinajstić information content (AvgIpc) is 2.52. The van der Waals surface area contributed by atoms with Gasteiger partial charge in [0.05, 0.1) is 12.5 Å². The molecule has 0 saturated carbocycles. The summed E-state index contributed by atoms with van der Waals surface area (Å²) >= 11 is 0. The number of nitrogens with zero attached hydrogens (tertiary/aromatic N) is 2. The molecule has 1 fully saturated rings. The van der Waals surface area contributed by atoms with Crippen molar-refractivity contribution in [2.24, 2.45) is 11.7 Å². The van der Waals surface area contributed by atoms with E-state index >= 15 is 0 Å². The van der Waals surface area contributed by atoms with Gasteiger partial charge in [0.25, 0.3) is 0 Å². The largest absolute Gasteiger partial charge is 0.406 e. The van der Waals surface area contributed by atoms with Gasteiger partial charge >= 0.3 is 6.18 Å². The van der Waals surface area contributed by atoms with Gasteiger partial charge in [-0.15, -0.1) is 0 Å². The molecule has 2 atom stereocenters. The fraction of sp³-hybridized carbons (Fsp3) is 0.867. The number of ether oxygens (including phenoxy) is 1. The molecule has 140 valence electrons. The number of amides is 2. The first kappa shape index (κ1) is 20.7. The molecule has 2 amide bonds. The van der Waals surface area contributed by atoms with Crippen molar-refractivity contribution >= 4 is 11.8 Å². The Labute approximate surface area is 140 Å². The van der Waals surface area contributed by atoms with Crippen LogP contribution in [0.2, 0.25) is 0 Å². The number of rotatable bonds is 7. The summed E-state index contributed by atoms with van der Waals surface area (Å²) < 4.78 is 42.8. The molecule has 9 heteroatoms. The summed E-state index contributed by atoms with van der Waals surface area (Å²) in [5.74, 6) is -1.51. The number of alkyl halides is 3. The molecule has 0 aromatic heterocycles. The van der Waals surface area contributed by atoms with Gasteiger partial charge in [0.1, 0.15) is 12.6 Å². The minimum atomic E-state index is -4.43.